The maximum absolute atomic E-state index is 11.0. The van der Waals surface area contributed by atoms with Gasteiger partial charge in [-0.25, -0.2) is 13.1 Å². The monoisotopic (exact) mass is 187 g/mol. The van der Waals surface area contributed by atoms with Gasteiger partial charge in [0.05, 0.1) is 12.1 Å². The summed E-state index contributed by atoms with van der Waals surface area (Å²) in [6, 6.07) is 3.39. The molecule has 12 heavy (non-hydrogen) atoms. The molecule has 0 aliphatic rings. The Bertz CT molecular complexity index is 309. The fourth-order valence-corrected chi connectivity index (χ4v) is 1.22. The minimum Gasteiger partial charge on any atom is -0.213 e. The largest absolute Gasteiger partial charge is 0.227 e. The molecule has 0 aromatic rings. The smallest absolute Gasteiger partial charge is 0.213 e. The van der Waals surface area contributed by atoms with Gasteiger partial charge in [0.2, 0.25) is 10.0 Å². The first kappa shape index (κ1) is 10.9. The summed E-state index contributed by atoms with van der Waals surface area (Å²) in [5.41, 5.74) is 0. The summed E-state index contributed by atoms with van der Waals surface area (Å²) >= 11 is 0. The zero-order valence-electron chi connectivity index (χ0n) is 6.61. The van der Waals surface area contributed by atoms with E-state index < -0.39 is 15.3 Å². The van der Waals surface area contributed by atoms with Gasteiger partial charge in [0.1, 0.15) is 0 Å². The Morgan fingerprint density at radius 2 is 2.08 bits per heavy atom. The molecule has 1 unspecified atom stereocenters. The molecule has 1 N–H and O–H groups in total. The van der Waals surface area contributed by atoms with Crippen molar-refractivity contribution in [2.45, 2.75) is 18.6 Å². The quantitative estimate of drug-likeness (QED) is 0.613. The van der Waals surface area contributed by atoms with Crippen LogP contribution < -0.4 is 4.72 Å². The van der Waals surface area contributed by atoms with Crippen LogP contribution in [0.15, 0.2) is 0 Å². The van der Waals surface area contributed by atoms with E-state index in [4.69, 9.17) is 10.5 Å². The number of hydrogen-bond acceptors (Lipinski definition) is 4. The Labute approximate surface area is 71.7 Å². The van der Waals surface area contributed by atoms with Crippen molar-refractivity contribution in [1.29, 1.82) is 10.5 Å². The van der Waals surface area contributed by atoms with Crippen LogP contribution in [0.5, 0.6) is 0 Å². The van der Waals surface area contributed by atoms with E-state index in [1.165, 1.54) is 6.92 Å². The van der Waals surface area contributed by atoms with Crippen molar-refractivity contribution < 1.29 is 8.42 Å². The predicted molar refractivity (Wildman–Crippen MR) is 42.2 cm³/mol. The van der Waals surface area contributed by atoms with E-state index in [9.17, 15) is 8.42 Å². The molecular weight excluding hydrogens is 178 g/mol. The van der Waals surface area contributed by atoms with Gasteiger partial charge in [-0.2, -0.15) is 10.5 Å². The molecule has 0 radical (unpaired) electrons. The second-order valence-corrected chi connectivity index (χ2v) is 4.20. The number of nitriles is 2. The molecule has 0 saturated carbocycles. The molecule has 0 bridgehead atoms. The summed E-state index contributed by atoms with van der Waals surface area (Å²) in [7, 11) is -3.54. The van der Waals surface area contributed by atoms with Gasteiger partial charge in [0.15, 0.2) is 5.25 Å². The van der Waals surface area contributed by atoms with Crippen molar-refractivity contribution in [3.63, 3.8) is 0 Å². The number of nitrogens with zero attached hydrogens (tertiary/aromatic N) is 2. The number of nitrogens with one attached hydrogen (secondary N) is 1. The fraction of sp³-hybridized carbons (Fsp3) is 0.667. The van der Waals surface area contributed by atoms with E-state index in [-0.39, 0.29) is 13.0 Å². The van der Waals surface area contributed by atoms with Crippen LogP contribution in [0.25, 0.3) is 0 Å². The lowest BCUT2D eigenvalue weighted by atomic mass is 10.5. The summed E-state index contributed by atoms with van der Waals surface area (Å²) in [4.78, 5) is 0. The predicted octanol–water partition coefficient (Wildman–Crippen LogP) is -0.268. The first-order valence-corrected chi connectivity index (χ1v) is 4.84. The van der Waals surface area contributed by atoms with E-state index in [1.807, 2.05) is 0 Å². The van der Waals surface area contributed by atoms with Gasteiger partial charge in [-0.3, -0.25) is 0 Å². The summed E-state index contributed by atoms with van der Waals surface area (Å²) in [5, 5.41) is 15.3. The zero-order valence-corrected chi connectivity index (χ0v) is 7.43. The van der Waals surface area contributed by atoms with Gasteiger partial charge >= 0.3 is 0 Å². The highest BCUT2D eigenvalue weighted by Gasteiger charge is 2.18. The average molecular weight is 187 g/mol. The maximum Gasteiger partial charge on any atom is 0.227 e. The van der Waals surface area contributed by atoms with E-state index in [0.29, 0.717) is 0 Å². The molecular formula is C6H9N3O2S. The summed E-state index contributed by atoms with van der Waals surface area (Å²) in [5.74, 6) is 0. The van der Waals surface area contributed by atoms with E-state index in [2.05, 4.69) is 4.72 Å². The number of hydrogen-bond donors (Lipinski definition) is 1. The Hall–Kier alpha value is -1.11. The van der Waals surface area contributed by atoms with Crippen molar-refractivity contribution in [3.05, 3.63) is 0 Å². The van der Waals surface area contributed by atoms with Crippen LogP contribution in [-0.4, -0.2) is 20.2 Å². The molecule has 0 heterocycles. The van der Waals surface area contributed by atoms with Crippen LogP contribution in [0.3, 0.4) is 0 Å². The molecule has 0 spiro atoms. The molecule has 0 saturated heterocycles. The molecule has 1 atom stereocenters. The van der Waals surface area contributed by atoms with Crippen LogP contribution in [0.2, 0.25) is 0 Å². The Morgan fingerprint density at radius 3 is 2.50 bits per heavy atom. The molecule has 6 heteroatoms. The van der Waals surface area contributed by atoms with E-state index in [1.54, 1.807) is 12.1 Å². The van der Waals surface area contributed by atoms with Crippen molar-refractivity contribution in [2.75, 3.05) is 6.54 Å². The van der Waals surface area contributed by atoms with Crippen molar-refractivity contribution in [3.8, 4) is 12.1 Å². The minimum atomic E-state index is -3.54. The third kappa shape index (κ3) is 3.33. The van der Waals surface area contributed by atoms with Crippen LogP contribution in [0, 0.1) is 22.7 Å². The first-order chi connectivity index (χ1) is 5.54. The van der Waals surface area contributed by atoms with Crippen molar-refractivity contribution in [2.24, 2.45) is 0 Å². The summed E-state index contributed by atoms with van der Waals surface area (Å²) in [6.45, 7) is 1.35. The standard InChI is InChI=1S/C6H9N3O2S/c1-6(5-8)12(10,11)9-4-2-3-7/h6,9H,2,4H2,1H3. The molecule has 0 fully saturated rings. The second kappa shape index (κ2) is 4.70. The Morgan fingerprint density at radius 1 is 1.50 bits per heavy atom. The van der Waals surface area contributed by atoms with Gasteiger partial charge in [-0.15, -0.1) is 0 Å². The van der Waals surface area contributed by atoms with Crippen LogP contribution in [0.1, 0.15) is 13.3 Å². The molecule has 0 aromatic heterocycles. The molecule has 0 aliphatic heterocycles. The van der Waals surface area contributed by atoms with E-state index >= 15 is 0 Å². The normalized spacial score (nSPS) is 12.9. The van der Waals surface area contributed by atoms with Gasteiger partial charge in [0.25, 0.3) is 0 Å². The van der Waals surface area contributed by atoms with Crippen molar-refractivity contribution >= 4 is 10.0 Å². The highest BCUT2D eigenvalue weighted by molar-refractivity contribution is 7.90. The second-order valence-electron chi connectivity index (χ2n) is 2.12. The van der Waals surface area contributed by atoms with E-state index in [0.717, 1.165) is 0 Å². The van der Waals surface area contributed by atoms with Crippen LogP contribution in [-0.2, 0) is 10.0 Å². The maximum atomic E-state index is 11.0. The summed E-state index contributed by atoms with van der Waals surface area (Å²) < 4.78 is 24.1. The van der Waals surface area contributed by atoms with Crippen LogP contribution in [0.4, 0.5) is 0 Å². The molecule has 0 aromatic carbocycles. The topological polar surface area (TPSA) is 93.8 Å². The van der Waals surface area contributed by atoms with Gasteiger partial charge < -0.3 is 0 Å². The highest BCUT2D eigenvalue weighted by atomic mass is 32.2. The van der Waals surface area contributed by atoms with Crippen molar-refractivity contribution in [1.82, 2.24) is 4.72 Å². The SMILES string of the molecule is CC(C#N)S(=O)(=O)NCCC#N. The third-order valence-corrected chi connectivity index (χ3v) is 2.83. The Kier molecular flexibility index (Phi) is 4.27. The number of rotatable bonds is 4. The average Bonchev–Trinajstić information content (AvgIpc) is 2.03. The highest BCUT2D eigenvalue weighted by Crippen LogP contribution is 1.95. The van der Waals surface area contributed by atoms with Gasteiger partial charge in [-0.05, 0) is 6.92 Å². The Balaban J connectivity index is 4.10. The third-order valence-electron chi connectivity index (χ3n) is 1.19. The molecule has 0 rings (SSSR count). The zero-order chi connectivity index (χ0) is 9.61. The van der Waals surface area contributed by atoms with Gasteiger partial charge in [-0.1, -0.05) is 0 Å². The molecule has 5 nitrogen and oxygen atoms in total. The van der Waals surface area contributed by atoms with Gasteiger partial charge in [0, 0.05) is 13.0 Å². The molecule has 66 valence electrons. The fourth-order valence-electron chi connectivity index (χ4n) is 0.444. The number of sulfonamides is 1. The lowest BCUT2D eigenvalue weighted by Gasteiger charge is -2.04. The first-order valence-electron chi connectivity index (χ1n) is 3.29. The lowest BCUT2D eigenvalue weighted by molar-refractivity contribution is 0.578. The molecule has 0 amide bonds. The lowest BCUT2D eigenvalue weighted by Crippen LogP contribution is -2.32. The summed E-state index contributed by atoms with van der Waals surface area (Å²) in [6.07, 6.45) is 0.109. The molecule has 0 aliphatic carbocycles. The van der Waals surface area contributed by atoms with Crippen LogP contribution >= 0.6 is 0 Å². The minimum absolute atomic E-state index is 0.0604.